The molecule has 0 amide bonds. The summed E-state index contributed by atoms with van der Waals surface area (Å²) in [6, 6.07) is 14.3. The number of aromatic nitrogens is 4. The second-order valence-electron chi connectivity index (χ2n) is 10.6. The number of pyridine rings is 1. The van der Waals surface area contributed by atoms with Crippen molar-refractivity contribution in [2.75, 3.05) is 31.2 Å². The van der Waals surface area contributed by atoms with E-state index in [4.69, 9.17) is 9.47 Å². The Balaban J connectivity index is 1.30. The van der Waals surface area contributed by atoms with Crippen molar-refractivity contribution in [3.63, 3.8) is 0 Å². The van der Waals surface area contributed by atoms with E-state index in [0.29, 0.717) is 13.2 Å². The molecule has 0 radical (unpaired) electrons. The van der Waals surface area contributed by atoms with Crippen LogP contribution in [0.1, 0.15) is 47.6 Å². The molecular formula is C30H32N6O3. The Morgan fingerprint density at radius 1 is 1.10 bits per heavy atom. The average molecular weight is 525 g/mol. The van der Waals surface area contributed by atoms with Gasteiger partial charge in [0.25, 0.3) is 5.56 Å². The third kappa shape index (κ3) is 4.55. The van der Waals surface area contributed by atoms with Gasteiger partial charge in [-0.3, -0.25) is 4.79 Å². The van der Waals surface area contributed by atoms with Crippen molar-refractivity contribution in [2.45, 2.75) is 45.1 Å². The van der Waals surface area contributed by atoms with Gasteiger partial charge in [-0.15, -0.1) is 5.10 Å². The lowest BCUT2D eigenvalue weighted by molar-refractivity contribution is 0.141. The van der Waals surface area contributed by atoms with Gasteiger partial charge in [-0.2, -0.15) is 5.26 Å². The van der Waals surface area contributed by atoms with Gasteiger partial charge in [0.1, 0.15) is 23.5 Å². The number of nitriles is 1. The van der Waals surface area contributed by atoms with Gasteiger partial charge in [-0.25, -0.2) is 4.68 Å². The highest BCUT2D eigenvalue weighted by Gasteiger charge is 2.28. The number of fused-ring (bicyclic) bond motifs is 1. The van der Waals surface area contributed by atoms with E-state index in [0.717, 1.165) is 77.2 Å². The van der Waals surface area contributed by atoms with Crippen molar-refractivity contribution in [2.24, 2.45) is 7.05 Å². The summed E-state index contributed by atoms with van der Waals surface area (Å²) in [5.74, 6) is 1.01. The molecule has 0 spiro atoms. The topological polar surface area (TPSA) is 98.2 Å². The second kappa shape index (κ2) is 10.2. The molecule has 0 saturated carbocycles. The zero-order valence-electron chi connectivity index (χ0n) is 22.6. The van der Waals surface area contributed by atoms with Crippen LogP contribution in [0.25, 0.3) is 16.6 Å². The number of piperidine rings is 1. The van der Waals surface area contributed by atoms with E-state index < -0.39 is 0 Å². The largest absolute Gasteiger partial charge is 0.488 e. The van der Waals surface area contributed by atoms with E-state index in [1.807, 2.05) is 42.1 Å². The molecule has 1 unspecified atom stereocenters. The van der Waals surface area contributed by atoms with E-state index in [2.05, 4.69) is 40.3 Å². The third-order valence-electron chi connectivity index (χ3n) is 8.06. The number of anilines is 1. The standard InChI is InChI=1S/C30H32N6O3/c1-19-6-4-5-7-26(19)36-17-25(32-33-36)21-8-11-35(12-9-21)29-23-14-20(2)28(39-22-10-13-38-18-22)15-27(23)34(3)30(37)24(29)16-31/h4-7,14-15,17,21-22H,8-13,18H2,1-3H3. The number of rotatable bonds is 5. The van der Waals surface area contributed by atoms with Gasteiger partial charge in [0, 0.05) is 43.9 Å². The van der Waals surface area contributed by atoms with Crippen molar-refractivity contribution < 1.29 is 9.47 Å². The first-order valence-corrected chi connectivity index (χ1v) is 13.5. The maximum Gasteiger partial charge on any atom is 0.270 e. The van der Waals surface area contributed by atoms with Crippen LogP contribution in [0, 0.1) is 25.2 Å². The minimum absolute atomic E-state index is 0.0128. The molecule has 4 heterocycles. The number of hydrogen-bond acceptors (Lipinski definition) is 7. The lowest BCUT2D eigenvalue weighted by Crippen LogP contribution is -2.36. The number of hydrogen-bond donors (Lipinski definition) is 0. The summed E-state index contributed by atoms with van der Waals surface area (Å²) in [6.07, 6.45) is 4.60. The smallest absolute Gasteiger partial charge is 0.270 e. The fourth-order valence-corrected chi connectivity index (χ4v) is 5.80. The van der Waals surface area contributed by atoms with E-state index >= 15 is 0 Å². The van der Waals surface area contributed by atoms with Gasteiger partial charge in [-0.05, 0) is 49.9 Å². The number of para-hydroxylation sites is 1. The van der Waals surface area contributed by atoms with Crippen LogP contribution in [0.2, 0.25) is 0 Å². The van der Waals surface area contributed by atoms with E-state index in [-0.39, 0.29) is 23.1 Å². The quantitative estimate of drug-likeness (QED) is 0.387. The molecule has 9 nitrogen and oxygen atoms in total. The SMILES string of the molecule is Cc1cc2c(N3CCC(c4cn(-c5ccccc5C)nn4)CC3)c(C#N)c(=O)n(C)c2cc1OC1CCOC1. The lowest BCUT2D eigenvalue weighted by atomic mass is 9.92. The Kier molecular flexibility index (Phi) is 6.57. The Bertz CT molecular complexity index is 1640. The normalized spacial score (nSPS) is 18.0. The first-order chi connectivity index (χ1) is 18.9. The molecule has 2 fully saturated rings. The van der Waals surface area contributed by atoms with Crippen LogP contribution in [-0.2, 0) is 11.8 Å². The van der Waals surface area contributed by atoms with Crippen LogP contribution in [0.3, 0.4) is 0 Å². The van der Waals surface area contributed by atoms with Crippen LogP contribution < -0.4 is 15.2 Å². The highest BCUT2D eigenvalue weighted by Crippen LogP contribution is 2.37. The minimum Gasteiger partial charge on any atom is -0.488 e. The summed E-state index contributed by atoms with van der Waals surface area (Å²) in [4.78, 5) is 15.5. The maximum absolute atomic E-state index is 13.3. The van der Waals surface area contributed by atoms with Gasteiger partial charge in [0.15, 0.2) is 0 Å². The molecule has 0 N–H and O–H groups in total. The van der Waals surface area contributed by atoms with Crippen LogP contribution in [0.5, 0.6) is 5.75 Å². The Labute approximate surface area is 227 Å². The summed E-state index contributed by atoms with van der Waals surface area (Å²) in [7, 11) is 1.72. The molecule has 6 rings (SSSR count). The molecule has 2 aromatic carbocycles. The fraction of sp³-hybridized carbons (Fsp3) is 0.400. The average Bonchev–Trinajstić information content (AvgIpc) is 3.65. The van der Waals surface area contributed by atoms with Crippen LogP contribution in [0.15, 0.2) is 47.4 Å². The van der Waals surface area contributed by atoms with Crippen LogP contribution >= 0.6 is 0 Å². The van der Waals surface area contributed by atoms with Gasteiger partial charge in [0.2, 0.25) is 0 Å². The van der Waals surface area contributed by atoms with Crippen molar-refractivity contribution in [1.29, 1.82) is 5.26 Å². The summed E-state index contributed by atoms with van der Waals surface area (Å²) < 4.78 is 15.1. The zero-order chi connectivity index (χ0) is 27.1. The van der Waals surface area contributed by atoms with E-state index in [1.165, 1.54) is 0 Å². The van der Waals surface area contributed by atoms with E-state index in [1.54, 1.807) is 11.6 Å². The summed E-state index contributed by atoms with van der Waals surface area (Å²) in [5.41, 5.74) is 5.49. The summed E-state index contributed by atoms with van der Waals surface area (Å²) in [5, 5.41) is 19.8. The molecule has 2 aromatic heterocycles. The molecule has 2 aliphatic rings. The molecule has 9 heteroatoms. The highest BCUT2D eigenvalue weighted by atomic mass is 16.5. The van der Waals surface area contributed by atoms with Crippen molar-refractivity contribution in [3.05, 3.63) is 75.3 Å². The zero-order valence-corrected chi connectivity index (χ0v) is 22.6. The highest BCUT2D eigenvalue weighted by molar-refractivity contribution is 5.96. The molecule has 0 bridgehead atoms. The first kappa shape index (κ1) is 25.1. The maximum atomic E-state index is 13.3. The molecular weight excluding hydrogens is 492 g/mol. The Morgan fingerprint density at radius 3 is 2.62 bits per heavy atom. The Hall–Kier alpha value is -4.16. The number of ether oxygens (including phenoxy) is 2. The number of nitrogens with zero attached hydrogens (tertiary/aromatic N) is 6. The summed E-state index contributed by atoms with van der Waals surface area (Å²) >= 11 is 0. The van der Waals surface area contributed by atoms with Gasteiger partial charge in [-0.1, -0.05) is 23.4 Å². The van der Waals surface area contributed by atoms with Crippen molar-refractivity contribution >= 4 is 16.6 Å². The lowest BCUT2D eigenvalue weighted by Gasteiger charge is -2.34. The first-order valence-electron chi connectivity index (χ1n) is 13.5. The van der Waals surface area contributed by atoms with Gasteiger partial charge >= 0.3 is 0 Å². The minimum atomic E-state index is -0.290. The molecule has 2 aliphatic heterocycles. The monoisotopic (exact) mass is 524 g/mol. The van der Waals surface area contributed by atoms with Gasteiger partial charge < -0.3 is 18.9 Å². The molecule has 200 valence electrons. The molecule has 39 heavy (non-hydrogen) atoms. The summed E-state index contributed by atoms with van der Waals surface area (Å²) in [6.45, 7) is 6.78. The van der Waals surface area contributed by atoms with Crippen molar-refractivity contribution in [3.8, 4) is 17.5 Å². The predicted molar refractivity (Wildman–Crippen MR) is 149 cm³/mol. The Morgan fingerprint density at radius 2 is 1.90 bits per heavy atom. The fourth-order valence-electron chi connectivity index (χ4n) is 5.80. The molecule has 0 aliphatic carbocycles. The van der Waals surface area contributed by atoms with Gasteiger partial charge in [0.05, 0.1) is 42.0 Å². The van der Waals surface area contributed by atoms with E-state index in [9.17, 15) is 10.1 Å². The number of benzene rings is 2. The second-order valence-corrected chi connectivity index (χ2v) is 10.6. The predicted octanol–water partition coefficient (Wildman–Crippen LogP) is 4.16. The van der Waals surface area contributed by atoms with Crippen molar-refractivity contribution in [1.82, 2.24) is 19.6 Å². The third-order valence-corrected chi connectivity index (χ3v) is 8.06. The van der Waals surface area contributed by atoms with Crippen LogP contribution in [0.4, 0.5) is 5.69 Å². The molecule has 1 atom stereocenters. The molecule has 4 aromatic rings. The number of aryl methyl sites for hydroxylation is 3. The molecule has 2 saturated heterocycles. The van der Waals surface area contributed by atoms with Crippen LogP contribution in [-0.4, -0.2) is 52.0 Å².